The van der Waals surface area contributed by atoms with E-state index in [-0.39, 0.29) is 29.8 Å². The van der Waals surface area contributed by atoms with Gasteiger partial charge in [-0.3, -0.25) is 14.9 Å². The number of esters is 1. The van der Waals surface area contributed by atoms with Gasteiger partial charge in [0.15, 0.2) is 0 Å². The third kappa shape index (κ3) is 4.14. The normalized spacial score (nSPS) is 8.84. The van der Waals surface area contributed by atoms with Crippen molar-refractivity contribution in [1.29, 1.82) is 5.26 Å². The van der Waals surface area contributed by atoms with Crippen LogP contribution >= 0.6 is 0 Å². The van der Waals surface area contributed by atoms with Crippen LogP contribution < -0.4 is 0 Å². The van der Waals surface area contributed by atoms with E-state index in [0.29, 0.717) is 0 Å². The van der Waals surface area contributed by atoms with Crippen molar-refractivity contribution in [3.8, 4) is 17.9 Å². The highest BCUT2D eigenvalue weighted by atomic mass is 16.6. The monoisotopic (exact) mass is 258 g/mol. The molecule has 0 saturated heterocycles. The third-order valence-corrected chi connectivity index (χ3v) is 2.08. The van der Waals surface area contributed by atoms with Gasteiger partial charge in [0.1, 0.15) is 12.0 Å². The van der Waals surface area contributed by atoms with E-state index in [4.69, 9.17) is 5.26 Å². The number of ether oxygens (including phenoxy) is 1. The first-order valence-corrected chi connectivity index (χ1v) is 5.41. The minimum Gasteiger partial charge on any atom is -0.465 e. The highest BCUT2D eigenvalue weighted by Gasteiger charge is 2.12. The van der Waals surface area contributed by atoms with Gasteiger partial charge in [0.05, 0.1) is 23.2 Å². The molecule has 0 aliphatic heterocycles. The number of nitriles is 1. The SMILES string of the molecule is CCOC(=O)CC#Cc1ccc(C#N)cc1[N+](=O)[O-]. The summed E-state index contributed by atoms with van der Waals surface area (Å²) >= 11 is 0. The first-order valence-electron chi connectivity index (χ1n) is 5.41. The Labute approximate surface area is 109 Å². The Kier molecular flexibility index (Phi) is 5.06. The van der Waals surface area contributed by atoms with Gasteiger partial charge in [-0.15, -0.1) is 0 Å². The fourth-order valence-electron chi connectivity index (χ4n) is 1.28. The summed E-state index contributed by atoms with van der Waals surface area (Å²) in [7, 11) is 0. The maximum atomic E-state index is 11.1. The van der Waals surface area contributed by atoms with Gasteiger partial charge >= 0.3 is 5.97 Å². The van der Waals surface area contributed by atoms with E-state index in [1.807, 2.05) is 6.07 Å². The number of nitro benzene ring substituents is 1. The molecule has 6 heteroatoms. The van der Waals surface area contributed by atoms with Crippen molar-refractivity contribution >= 4 is 11.7 Å². The molecule has 0 aromatic heterocycles. The average Bonchev–Trinajstić information content (AvgIpc) is 2.39. The van der Waals surface area contributed by atoms with Gasteiger partial charge in [-0.2, -0.15) is 5.26 Å². The molecule has 1 aromatic rings. The van der Waals surface area contributed by atoms with Gasteiger partial charge in [-0.25, -0.2) is 0 Å². The number of nitro groups is 1. The maximum Gasteiger partial charge on any atom is 0.317 e. The Morgan fingerprint density at radius 1 is 1.53 bits per heavy atom. The highest BCUT2D eigenvalue weighted by Crippen LogP contribution is 2.19. The summed E-state index contributed by atoms with van der Waals surface area (Å²) in [5.41, 5.74) is 0.0892. The molecule has 0 fully saturated rings. The predicted octanol–water partition coefficient (Wildman–Crippen LogP) is 1.77. The van der Waals surface area contributed by atoms with E-state index in [0.717, 1.165) is 6.07 Å². The van der Waals surface area contributed by atoms with E-state index in [1.54, 1.807) is 6.92 Å². The number of nitrogens with zero attached hydrogens (tertiary/aromatic N) is 2. The number of hydrogen-bond donors (Lipinski definition) is 0. The standard InChI is InChI=1S/C13H10N2O4/c1-2-19-13(16)5-3-4-11-7-6-10(9-14)8-12(11)15(17)18/h6-8H,2,5H2,1H3. The van der Waals surface area contributed by atoms with Crippen molar-refractivity contribution < 1.29 is 14.5 Å². The molecular formula is C13H10N2O4. The molecule has 6 nitrogen and oxygen atoms in total. The van der Waals surface area contributed by atoms with E-state index in [1.165, 1.54) is 12.1 Å². The molecule has 0 heterocycles. The van der Waals surface area contributed by atoms with Crippen molar-refractivity contribution in [2.24, 2.45) is 0 Å². The van der Waals surface area contributed by atoms with Crippen LogP contribution in [-0.2, 0) is 9.53 Å². The Morgan fingerprint density at radius 3 is 2.84 bits per heavy atom. The molecule has 1 aromatic carbocycles. The van der Waals surface area contributed by atoms with Gasteiger partial charge < -0.3 is 4.74 Å². The maximum absolute atomic E-state index is 11.1. The van der Waals surface area contributed by atoms with Gasteiger partial charge in [0.25, 0.3) is 5.69 Å². The zero-order valence-electron chi connectivity index (χ0n) is 10.2. The van der Waals surface area contributed by atoms with E-state index >= 15 is 0 Å². The average molecular weight is 258 g/mol. The lowest BCUT2D eigenvalue weighted by Crippen LogP contribution is -2.01. The van der Waals surface area contributed by atoms with E-state index in [9.17, 15) is 14.9 Å². The molecule has 0 radical (unpaired) electrons. The zero-order chi connectivity index (χ0) is 14.3. The summed E-state index contributed by atoms with van der Waals surface area (Å²) < 4.78 is 4.68. The van der Waals surface area contributed by atoms with Crippen LogP contribution in [0.2, 0.25) is 0 Å². The van der Waals surface area contributed by atoms with Crippen LogP contribution in [0.15, 0.2) is 18.2 Å². The Balaban J connectivity index is 2.96. The number of carbonyl (C=O) groups is 1. The minimum absolute atomic E-state index is 0.134. The second-order valence-electron chi connectivity index (χ2n) is 3.38. The second-order valence-corrected chi connectivity index (χ2v) is 3.38. The number of carbonyl (C=O) groups excluding carboxylic acids is 1. The van der Waals surface area contributed by atoms with Crippen LogP contribution in [0.3, 0.4) is 0 Å². The molecule has 0 spiro atoms. The molecule has 0 bridgehead atoms. The zero-order valence-corrected chi connectivity index (χ0v) is 10.2. The summed E-state index contributed by atoms with van der Waals surface area (Å²) in [4.78, 5) is 21.3. The van der Waals surface area contributed by atoms with Crippen LogP contribution in [0.4, 0.5) is 5.69 Å². The molecule has 0 aliphatic carbocycles. The summed E-state index contributed by atoms with van der Waals surface area (Å²) in [6, 6.07) is 5.78. The molecule has 0 unspecified atom stereocenters. The molecule has 0 saturated carbocycles. The lowest BCUT2D eigenvalue weighted by Gasteiger charge is -1.96. The third-order valence-electron chi connectivity index (χ3n) is 2.08. The summed E-state index contributed by atoms with van der Waals surface area (Å²) in [5.74, 6) is 4.56. The molecule has 0 aliphatic rings. The molecule has 1 rings (SSSR count). The first kappa shape index (κ1) is 14.2. The van der Waals surface area contributed by atoms with Crippen molar-refractivity contribution in [2.45, 2.75) is 13.3 Å². The van der Waals surface area contributed by atoms with Gasteiger partial charge in [0.2, 0.25) is 0 Å². The Hall–Kier alpha value is -2.86. The smallest absolute Gasteiger partial charge is 0.317 e. The van der Waals surface area contributed by atoms with Crippen LogP contribution in [0.5, 0.6) is 0 Å². The van der Waals surface area contributed by atoms with Crippen molar-refractivity contribution in [3.05, 3.63) is 39.4 Å². The lowest BCUT2D eigenvalue weighted by atomic mass is 10.1. The number of rotatable bonds is 3. The first-order chi connectivity index (χ1) is 9.08. The van der Waals surface area contributed by atoms with Crippen LogP contribution in [-0.4, -0.2) is 17.5 Å². The summed E-state index contributed by atoms with van der Waals surface area (Å²) in [6.45, 7) is 1.94. The topological polar surface area (TPSA) is 93.2 Å². The minimum atomic E-state index is -0.616. The molecule has 0 N–H and O–H groups in total. The van der Waals surface area contributed by atoms with Gasteiger partial charge in [-0.1, -0.05) is 11.8 Å². The van der Waals surface area contributed by atoms with Crippen molar-refractivity contribution in [1.82, 2.24) is 0 Å². The Morgan fingerprint density at radius 2 is 2.26 bits per heavy atom. The van der Waals surface area contributed by atoms with Gasteiger partial charge in [-0.05, 0) is 19.1 Å². The van der Waals surface area contributed by atoms with E-state index in [2.05, 4.69) is 16.6 Å². The number of hydrogen-bond acceptors (Lipinski definition) is 5. The Bertz CT molecular complexity index is 605. The van der Waals surface area contributed by atoms with Crippen molar-refractivity contribution in [3.63, 3.8) is 0 Å². The highest BCUT2D eigenvalue weighted by molar-refractivity contribution is 5.72. The molecular weight excluding hydrogens is 248 g/mol. The fourth-order valence-corrected chi connectivity index (χ4v) is 1.28. The lowest BCUT2D eigenvalue weighted by molar-refractivity contribution is -0.385. The molecule has 19 heavy (non-hydrogen) atoms. The van der Waals surface area contributed by atoms with Crippen LogP contribution in [0, 0.1) is 33.3 Å². The fraction of sp³-hybridized carbons (Fsp3) is 0.231. The number of benzene rings is 1. The van der Waals surface area contributed by atoms with Crippen LogP contribution in [0.1, 0.15) is 24.5 Å². The van der Waals surface area contributed by atoms with E-state index < -0.39 is 10.9 Å². The predicted molar refractivity (Wildman–Crippen MR) is 65.9 cm³/mol. The molecule has 0 amide bonds. The molecule has 0 atom stereocenters. The van der Waals surface area contributed by atoms with Gasteiger partial charge in [0, 0.05) is 6.07 Å². The van der Waals surface area contributed by atoms with Crippen LogP contribution in [0.25, 0.3) is 0 Å². The summed E-state index contributed by atoms with van der Waals surface area (Å²) in [6.07, 6.45) is -0.134. The van der Waals surface area contributed by atoms with Crippen molar-refractivity contribution in [2.75, 3.05) is 6.61 Å². The molecule has 96 valence electrons. The second kappa shape index (κ2) is 6.77. The largest absolute Gasteiger partial charge is 0.465 e. The quantitative estimate of drug-likeness (QED) is 0.356. The summed E-state index contributed by atoms with van der Waals surface area (Å²) in [5, 5.41) is 19.5.